The highest BCUT2D eigenvalue weighted by Gasteiger charge is 2.15. The van der Waals surface area contributed by atoms with E-state index in [1.54, 1.807) is 0 Å². The number of nitrogens with two attached hydrogens (primary N) is 1. The first-order valence-corrected chi connectivity index (χ1v) is 3.45. The molecule has 1 aliphatic heterocycles. The van der Waals surface area contributed by atoms with Crippen molar-refractivity contribution in [1.82, 2.24) is 4.98 Å². The number of nitrogen functional groups attached to an aromatic ring is 1. The van der Waals surface area contributed by atoms with Crippen LogP contribution in [0.25, 0.3) is 0 Å². The molecule has 2 heterocycles. The number of anilines is 1. The Kier molecular flexibility index (Phi) is 1.42. The topological polar surface area (TPSA) is 97.8 Å². The Labute approximate surface area is 71.8 Å². The van der Waals surface area contributed by atoms with Crippen LogP contribution in [-0.2, 0) is 9.59 Å². The molecule has 64 valence electrons. The summed E-state index contributed by atoms with van der Waals surface area (Å²) in [5.41, 5.74) is 5.45. The van der Waals surface area contributed by atoms with Crippen molar-refractivity contribution in [3.8, 4) is 0 Å². The van der Waals surface area contributed by atoms with E-state index < -0.39 is 11.8 Å². The van der Waals surface area contributed by atoms with Gasteiger partial charge in [-0.05, 0) is 12.1 Å². The van der Waals surface area contributed by atoms with Crippen LogP contribution in [0.5, 0.6) is 0 Å². The van der Waals surface area contributed by atoms with Gasteiger partial charge in [-0.3, -0.25) is 9.59 Å². The monoisotopic (exact) mass is 176 g/mol. The van der Waals surface area contributed by atoms with Crippen molar-refractivity contribution in [2.24, 2.45) is 9.98 Å². The van der Waals surface area contributed by atoms with Crippen LogP contribution < -0.4 is 16.6 Å². The molecule has 0 aromatic carbocycles. The molecule has 6 heteroatoms. The second-order valence-corrected chi connectivity index (χ2v) is 2.41. The fourth-order valence-electron chi connectivity index (χ4n) is 0.926. The summed E-state index contributed by atoms with van der Waals surface area (Å²) < 4.78 is 0. The predicted octanol–water partition coefficient (Wildman–Crippen LogP) is -2.03. The van der Waals surface area contributed by atoms with Gasteiger partial charge in [-0.2, -0.15) is 4.99 Å². The minimum atomic E-state index is -0.911. The molecule has 0 saturated heterocycles. The Hall–Kier alpha value is -2.11. The van der Waals surface area contributed by atoms with Crippen molar-refractivity contribution >= 4 is 17.6 Å². The smallest absolute Gasteiger partial charge is 0.339 e. The second kappa shape index (κ2) is 2.44. The second-order valence-electron chi connectivity index (χ2n) is 2.41. The first-order chi connectivity index (χ1) is 6.16. The molecule has 0 bridgehead atoms. The van der Waals surface area contributed by atoms with Crippen LogP contribution in [0, 0.1) is 0 Å². The van der Waals surface area contributed by atoms with Crippen LogP contribution >= 0.6 is 0 Å². The van der Waals surface area contributed by atoms with E-state index in [0.717, 1.165) is 0 Å². The fourth-order valence-corrected chi connectivity index (χ4v) is 0.926. The summed E-state index contributed by atoms with van der Waals surface area (Å²) in [5, 5.41) is 0.277. The molecule has 13 heavy (non-hydrogen) atoms. The summed E-state index contributed by atoms with van der Waals surface area (Å²) in [6.45, 7) is 0. The van der Waals surface area contributed by atoms with E-state index in [1.165, 1.54) is 12.1 Å². The molecule has 1 aromatic rings. The van der Waals surface area contributed by atoms with Crippen LogP contribution in [0.1, 0.15) is 0 Å². The average Bonchev–Trinajstić information content (AvgIpc) is 2.08. The van der Waals surface area contributed by atoms with Gasteiger partial charge in [0.2, 0.25) is 0 Å². The van der Waals surface area contributed by atoms with Crippen molar-refractivity contribution in [1.29, 1.82) is 0 Å². The van der Waals surface area contributed by atoms with Crippen molar-refractivity contribution in [3.05, 3.63) is 23.0 Å². The Morgan fingerprint density at radius 2 is 1.77 bits per heavy atom. The van der Waals surface area contributed by atoms with Gasteiger partial charge in [0.1, 0.15) is 11.2 Å². The van der Waals surface area contributed by atoms with E-state index in [2.05, 4.69) is 15.0 Å². The minimum Gasteiger partial charge on any atom is -0.384 e. The average molecular weight is 176 g/mol. The molecule has 0 saturated carbocycles. The lowest BCUT2D eigenvalue weighted by Crippen LogP contribution is -2.37. The fraction of sp³-hybridized carbons (Fsp3) is 0. The molecule has 0 atom stereocenters. The predicted molar refractivity (Wildman–Crippen MR) is 41.0 cm³/mol. The maximum absolute atomic E-state index is 10.8. The molecule has 0 spiro atoms. The van der Waals surface area contributed by atoms with E-state index in [-0.39, 0.29) is 16.7 Å². The number of hydrogen-bond acceptors (Lipinski definition) is 4. The molecule has 6 nitrogen and oxygen atoms in total. The van der Waals surface area contributed by atoms with Crippen LogP contribution in [0.2, 0.25) is 0 Å². The van der Waals surface area contributed by atoms with E-state index in [4.69, 9.17) is 5.73 Å². The van der Waals surface area contributed by atoms with Crippen LogP contribution in [0.15, 0.2) is 22.1 Å². The first-order valence-electron chi connectivity index (χ1n) is 3.45. The van der Waals surface area contributed by atoms with Crippen molar-refractivity contribution in [3.63, 3.8) is 0 Å². The van der Waals surface area contributed by atoms with Gasteiger partial charge in [-0.15, -0.1) is 0 Å². The summed E-state index contributed by atoms with van der Waals surface area (Å²) in [6, 6.07) is 2.98. The highest BCUT2D eigenvalue weighted by atomic mass is 16.2. The number of hydrogen-bond donors (Lipinski definition) is 1. The third kappa shape index (κ3) is 1.18. The van der Waals surface area contributed by atoms with E-state index >= 15 is 0 Å². The summed E-state index contributed by atoms with van der Waals surface area (Å²) in [6.07, 6.45) is 0. The number of amides is 2. The zero-order valence-electron chi connectivity index (χ0n) is 6.39. The molecule has 0 fully saturated rings. The van der Waals surface area contributed by atoms with Gasteiger partial charge < -0.3 is 5.73 Å². The number of nitrogens with zero attached hydrogens (tertiary/aromatic N) is 3. The van der Waals surface area contributed by atoms with Crippen LogP contribution in [0.4, 0.5) is 5.82 Å². The quantitative estimate of drug-likeness (QED) is 0.461. The minimum absolute atomic E-state index is 0.101. The van der Waals surface area contributed by atoms with Crippen LogP contribution in [0.3, 0.4) is 0 Å². The molecule has 0 aliphatic carbocycles. The zero-order valence-corrected chi connectivity index (χ0v) is 6.39. The van der Waals surface area contributed by atoms with E-state index in [0.29, 0.717) is 0 Å². The van der Waals surface area contributed by atoms with Gasteiger partial charge in [0, 0.05) is 0 Å². The van der Waals surface area contributed by atoms with Gasteiger partial charge in [0.25, 0.3) is 0 Å². The Balaban J connectivity index is 2.85. The summed E-state index contributed by atoms with van der Waals surface area (Å²) >= 11 is 0. The zero-order chi connectivity index (χ0) is 9.42. The number of aromatic nitrogens is 1. The Morgan fingerprint density at radius 1 is 1.08 bits per heavy atom. The number of pyridine rings is 1. The Bertz CT molecular complexity index is 520. The van der Waals surface area contributed by atoms with Gasteiger partial charge in [-0.25, -0.2) is 9.98 Å². The number of fused-ring (bicyclic) bond motifs is 1. The SMILES string of the molecule is Nc1ccc2c(n1)=NC(=O)C(=O)N=2. The maximum atomic E-state index is 10.8. The molecule has 2 rings (SSSR count). The summed E-state index contributed by atoms with van der Waals surface area (Å²) in [4.78, 5) is 32.2. The van der Waals surface area contributed by atoms with Crippen molar-refractivity contribution in [2.45, 2.75) is 0 Å². The molecule has 1 aromatic heterocycles. The number of carbonyl (C=O) groups is 2. The van der Waals surface area contributed by atoms with Gasteiger partial charge in [-0.1, -0.05) is 0 Å². The van der Waals surface area contributed by atoms with Crippen molar-refractivity contribution < 1.29 is 9.59 Å². The molecule has 2 N–H and O–H groups in total. The first kappa shape index (κ1) is 7.53. The number of carbonyl (C=O) groups excluding carboxylic acids is 2. The third-order valence-electron chi connectivity index (χ3n) is 1.49. The Morgan fingerprint density at radius 3 is 2.54 bits per heavy atom. The standard InChI is InChI=1S/C7H4N4O2/c8-4-2-1-3-5(10-4)11-7(13)6(12)9-3/h1-2H,(H2,8,10,11,13). The molecule has 2 amide bonds. The van der Waals surface area contributed by atoms with Crippen molar-refractivity contribution in [2.75, 3.05) is 5.73 Å². The molecule has 0 unspecified atom stereocenters. The van der Waals surface area contributed by atoms with Gasteiger partial charge in [0.15, 0.2) is 5.49 Å². The maximum Gasteiger partial charge on any atom is 0.339 e. The van der Waals surface area contributed by atoms with Gasteiger partial charge in [0.05, 0.1) is 0 Å². The number of rotatable bonds is 0. The molecule has 0 radical (unpaired) electrons. The lowest BCUT2D eigenvalue weighted by Gasteiger charge is -1.96. The molecular formula is C7H4N4O2. The third-order valence-corrected chi connectivity index (χ3v) is 1.49. The van der Waals surface area contributed by atoms with E-state index in [9.17, 15) is 9.59 Å². The highest BCUT2D eigenvalue weighted by molar-refractivity contribution is 6.36. The summed E-state index contributed by atoms with van der Waals surface area (Å²) in [5.74, 6) is -1.55. The lowest BCUT2D eigenvalue weighted by atomic mass is 10.4. The van der Waals surface area contributed by atoms with Crippen LogP contribution in [-0.4, -0.2) is 16.8 Å². The summed E-state index contributed by atoms with van der Waals surface area (Å²) in [7, 11) is 0. The van der Waals surface area contributed by atoms with E-state index in [1.807, 2.05) is 0 Å². The largest absolute Gasteiger partial charge is 0.384 e. The normalized spacial score (nSPS) is 14.5. The molecular weight excluding hydrogens is 172 g/mol. The van der Waals surface area contributed by atoms with Gasteiger partial charge >= 0.3 is 11.8 Å². The lowest BCUT2D eigenvalue weighted by molar-refractivity contribution is -0.135. The molecule has 1 aliphatic rings. The highest BCUT2D eigenvalue weighted by Crippen LogP contribution is 1.88.